The largest absolute Gasteiger partial charge is 0.335 e. The second-order valence-electron chi connectivity index (χ2n) is 7.33. The summed E-state index contributed by atoms with van der Waals surface area (Å²) in [5, 5.41) is 0. The molecule has 5 nitrogen and oxygen atoms in total. The summed E-state index contributed by atoms with van der Waals surface area (Å²) < 4.78 is 2.28. The van der Waals surface area contributed by atoms with Crippen LogP contribution in [0, 0.1) is 12.3 Å². The summed E-state index contributed by atoms with van der Waals surface area (Å²) in [4.78, 5) is 22.3. The summed E-state index contributed by atoms with van der Waals surface area (Å²) in [6, 6.07) is 10.2. The molecular formula is C22H26N4O. The van der Waals surface area contributed by atoms with E-state index in [2.05, 4.69) is 27.5 Å². The molecule has 4 rings (SSSR count). The van der Waals surface area contributed by atoms with Crippen LogP contribution in [-0.4, -0.2) is 58.0 Å². The zero-order valence-corrected chi connectivity index (χ0v) is 15.7. The number of rotatable bonds is 3. The predicted octanol–water partition coefficient (Wildman–Crippen LogP) is 2.67. The first-order chi connectivity index (χ1) is 13.3. The first-order valence-electron chi connectivity index (χ1n) is 9.88. The van der Waals surface area contributed by atoms with E-state index in [4.69, 9.17) is 11.4 Å². The molecule has 2 aromatic rings. The van der Waals surface area contributed by atoms with Crippen molar-refractivity contribution in [3.05, 3.63) is 41.7 Å². The van der Waals surface area contributed by atoms with Crippen molar-refractivity contribution in [3.8, 4) is 23.7 Å². The fraction of sp³-hybridized carbons (Fsp3) is 0.455. The number of fused-ring (bicyclic) bond motifs is 1. The molecule has 0 saturated carbocycles. The molecule has 0 aliphatic carbocycles. The molecule has 1 aromatic carbocycles. The van der Waals surface area contributed by atoms with Crippen molar-refractivity contribution in [1.82, 2.24) is 19.4 Å². The molecule has 2 aliphatic rings. The van der Waals surface area contributed by atoms with Crippen LogP contribution in [0.4, 0.5) is 0 Å². The number of carbonyl (C=O) groups excluding carboxylic acids is 1. The topological polar surface area (TPSA) is 41.4 Å². The maximum atomic E-state index is 13.3. The first-order valence-corrected chi connectivity index (χ1v) is 9.88. The molecule has 0 atom stereocenters. The Kier molecular flexibility index (Phi) is 5.26. The van der Waals surface area contributed by atoms with Crippen LogP contribution in [0.15, 0.2) is 30.3 Å². The van der Waals surface area contributed by atoms with Gasteiger partial charge < -0.3 is 9.47 Å². The normalized spacial score (nSPS) is 17.8. The second kappa shape index (κ2) is 7.98. The maximum Gasteiger partial charge on any atom is 0.274 e. The molecule has 0 radical (unpaired) electrons. The van der Waals surface area contributed by atoms with Gasteiger partial charge in [-0.25, -0.2) is 4.98 Å². The standard InChI is InChI=1S/C22H26N4O/c1-2-12-24-14-16-25(17-15-24)22(27)20-19-11-7-4-8-13-26(19)21(23-20)18-9-5-3-6-10-18/h1,3,5-6,9-10H,4,7-8,11-17H2. The van der Waals surface area contributed by atoms with Crippen LogP contribution >= 0.6 is 0 Å². The van der Waals surface area contributed by atoms with Gasteiger partial charge in [-0.2, -0.15) is 0 Å². The third-order valence-electron chi connectivity index (χ3n) is 5.58. The summed E-state index contributed by atoms with van der Waals surface area (Å²) in [5.41, 5.74) is 2.85. The zero-order valence-electron chi connectivity index (χ0n) is 15.7. The van der Waals surface area contributed by atoms with Crippen molar-refractivity contribution < 1.29 is 4.79 Å². The van der Waals surface area contributed by atoms with Crippen molar-refractivity contribution >= 4 is 5.91 Å². The van der Waals surface area contributed by atoms with Crippen LogP contribution in [0.5, 0.6) is 0 Å². The molecule has 1 saturated heterocycles. The average Bonchev–Trinajstić information content (AvgIpc) is 2.90. The van der Waals surface area contributed by atoms with Crippen molar-refractivity contribution in [2.45, 2.75) is 32.2 Å². The maximum absolute atomic E-state index is 13.3. The minimum Gasteiger partial charge on any atom is -0.335 e. The lowest BCUT2D eigenvalue weighted by atomic mass is 10.1. The number of carbonyl (C=O) groups is 1. The molecule has 2 aliphatic heterocycles. The number of hydrogen-bond donors (Lipinski definition) is 0. The molecule has 27 heavy (non-hydrogen) atoms. The molecule has 5 heteroatoms. The summed E-state index contributed by atoms with van der Waals surface area (Å²) in [6.07, 6.45) is 9.80. The van der Waals surface area contributed by atoms with E-state index in [0.29, 0.717) is 25.3 Å². The fourth-order valence-corrected chi connectivity index (χ4v) is 4.09. The van der Waals surface area contributed by atoms with E-state index in [1.807, 2.05) is 23.1 Å². The molecule has 140 valence electrons. The smallest absolute Gasteiger partial charge is 0.274 e. The predicted molar refractivity (Wildman–Crippen MR) is 106 cm³/mol. The van der Waals surface area contributed by atoms with E-state index in [0.717, 1.165) is 56.0 Å². The van der Waals surface area contributed by atoms with E-state index >= 15 is 0 Å². The van der Waals surface area contributed by atoms with Gasteiger partial charge in [-0.05, 0) is 19.3 Å². The lowest BCUT2D eigenvalue weighted by molar-refractivity contribution is 0.0645. The van der Waals surface area contributed by atoms with Gasteiger partial charge >= 0.3 is 0 Å². The highest BCUT2D eigenvalue weighted by molar-refractivity contribution is 5.94. The zero-order chi connectivity index (χ0) is 18.6. The Labute approximate surface area is 161 Å². The highest BCUT2D eigenvalue weighted by Gasteiger charge is 2.29. The molecular weight excluding hydrogens is 336 g/mol. The van der Waals surface area contributed by atoms with Crippen molar-refractivity contribution in [3.63, 3.8) is 0 Å². The van der Waals surface area contributed by atoms with Gasteiger partial charge in [-0.3, -0.25) is 9.69 Å². The van der Waals surface area contributed by atoms with E-state index in [9.17, 15) is 4.79 Å². The summed E-state index contributed by atoms with van der Waals surface area (Å²) in [6.45, 7) is 4.69. The summed E-state index contributed by atoms with van der Waals surface area (Å²) in [5.74, 6) is 3.69. The van der Waals surface area contributed by atoms with Crippen molar-refractivity contribution in [2.24, 2.45) is 0 Å². The van der Waals surface area contributed by atoms with E-state index in [-0.39, 0.29) is 5.91 Å². The van der Waals surface area contributed by atoms with Gasteiger partial charge in [-0.1, -0.05) is 42.7 Å². The van der Waals surface area contributed by atoms with Gasteiger partial charge in [0.2, 0.25) is 0 Å². The quantitative estimate of drug-likeness (QED) is 0.789. The number of terminal acetylenes is 1. The lowest BCUT2D eigenvalue weighted by Crippen LogP contribution is -2.48. The Morgan fingerprint density at radius 2 is 1.81 bits per heavy atom. The number of aromatic nitrogens is 2. The van der Waals surface area contributed by atoms with Crippen LogP contribution in [-0.2, 0) is 13.0 Å². The van der Waals surface area contributed by atoms with Crippen LogP contribution in [0.3, 0.4) is 0 Å². The molecule has 3 heterocycles. The molecule has 0 N–H and O–H groups in total. The van der Waals surface area contributed by atoms with Gasteiger partial charge in [0.25, 0.3) is 5.91 Å². The highest BCUT2D eigenvalue weighted by atomic mass is 16.2. The van der Waals surface area contributed by atoms with Crippen LogP contribution in [0.2, 0.25) is 0 Å². The third-order valence-corrected chi connectivity index (χ3v) is 5.58. The number of piperazine rings is 1. The van der Waals surface area contributed by atoms with Gasteiger partial charge in [0.05, 0.1) is 12.2 Å². The van der Waals surface area contributed by atoms with Crippen LogP contribution < -0.4 is 0 Å². The van der Waals surface area contributed by atoms with Crippen LogP contribution in [0.1, 0.15) is 35.4 Å². The average molecular weight is 362 g/mol. The minimum absolute atomic E-state index is 0.0724. The van der Waals surface area contributed by atoms with Crippen LogP contribution in [0.25, 0.3) is 11.4 Å². The van der Waals surface area contributed by atoms with E-state index < -0.39 is 0 Å². The number of imidazole rings is 1. The van der Waals surface area contributed by atoms with E-state index in [1.165, 1.54) is 6.42 Å². The Bertz CT molecular complexity index is 841. The monoisotopic (exact) mass is 362 g/mol. The molecule has 0 spiro atoms. The first kappa shape index (κ1) is 17.8. The van der Waals surface area contributed by atoms with Gasteiger partial charge in [-0.15, -0.1) is 6.42 Å². The Balaban J connectivity index is 1.64. The van der Waals surface area contributed by atoms with Gasteiger partial charge in [0.1, 0.15) is 11.5 Å². The third kappa shape index (κ3) is 3.63. The SMILES string of the molecule is C#CCN1CCN(C(=O)c2nc(-c3ccccc3)n3c2CCCCC3)CC1. The fourth-order valence-electron chi connectivity index (χ4n) is 4.09. The minimum atomic E-state index is 0.0724. The lowest BCUT2D eigenvalue weighted by Gasteiger charge is -2.33. The number of amides is 1. The summed E-state index contributed by atoms with van der Waals surface area (Å²) in [7, 11) is 0. The Hall–Kier alpha value is -2.58. The summed E-state index contributed by atoms with van der Waals surface area (Å²) >= 11 is 0. The Morgan fingerprint density at radius 1 is 1.04 bits per heavy atom. The molecule has 1 amide bonds. The van der Waals surface area contributed by atoms with Crippen molar-refractivity contribution in [2.75, 3.05) is 32.7 Å². The molecule has 0 bridgehead atoms. The van der Waals surface area contributed by atoms with E-state index in [1.54, 1.807) is 0 Å². The number of nitrogens with zero attached hydrogens (tertiary/aromatic N) is 4. The number of benzene rings is 1. The second-order valence-corrected chi connectivity index (χ2v) is 7.33. The van der Waals surface area contributed by atoms with Gasteiger partial charge in [0, 0.05) is 38.3 Å². The molecule has 1 fully saturated rings. The Morgan fingerprint density at radius 3 is 2.56 bits per heavy atom. The van der Waals surface area contributed by atoms with Gasteiger partial charge in [0.15, 0.2) is 0 Å². The number of hydrogen-bond acceptors (Lipinski definition) is 3. The molecule has 1 aromatic heterocycles. The highest BCUT2D eigenvalue weighted by Crippen LogP contribution is 2.28. The van der Waals surface area contributed by atoms with Crippen molar-refractivity contribution in [1.29, 1.82) is 0 Å². The molecule has 0 unspecified atom stereocenters.